The number of aliphatic carboxylic acids is 1. The smallest absolute Gasteiger partial charge is 0.326 e. The van der Waals surface area contributed by atoms with Gasteiger partial charge in [-0.2, -0.15) is 0 Å². The average molecular weight is 617 g/mol. The van der Waals surface area contributed by atoms with Crippen LogP contribution in [0, 0.1) is 5.41 Å². The molecule has 3 amide bonds. The van der Waals surface area contributed by atoms with Gasteiger partial charge in [0.25, 0.3) is 0 Å². The fourth-order valence-corrected chi connectivity index (χ4v) is 4.59. The lowest BCUT2D eigenvalue weighted by Crippen LogP contribution is -2.60. The highest BCUT2D eigenvalue weighted by Gasteiger charge is 2.40. The molecule has 1 unspecified atom stereocenters. The molecule has 0 aliphatic heterocycles. The Labute approximate surface area is 262 Å². The molecule has 1 aromatic rings. The summed E-state index contributed by atoms with van der Waals surface area (Å²) in [4.78, 5) is 65.0. The number of nitrogens with one attached hydrogen (secondary N) is 3. The number of amides is 3. The van der Waals surface area contributed by atoms with Crippen molar-refractivity contribution in [2.24, 2.45) is 5.41 Å². The molecule has 0 saturated heterocycles. The third-order valence-electron chi connectivity index (χ3n) is 7.26. The zero-order valence-corrected chi connectivity index (χ0v) is 28.2. The number of carboxylic acids is 1. The minimum Gasteiger partial charge on any atom is -0.480 e. The van der Waals surface area contributed by atoms with Crippen molar-refractivity contribution in [3.8, 4) is 0 Å². The maximum Gasteiger partial charge on any atom is 0.326 e. The van der Waals surface area contributed by atoms with Crippen LogP contribution in [0.4, 0.5) is 0 Å². The Bertz CT molecular complexity index is 1200. The highest BCUT2D eigenvalue weighted by molar-refractivity contribution is 5.96. The average Bonchev–Trinajstić information content (AvgIpc) is 2.90. The van der Waals surface area contributed by atoms with Gasteiger partial charge < -0.3 is 30.7 Å². The van der Waals surface area contributed by atoms with E-state index in [2.05, 4.69) is 16.0 Å². The molecular formula is C33H52N4O7. The van der Waals surface area contributed by atoms with Crippen molar-refractivity contribution in [2.75, 3.05) is 20.6 Å². The minimum atomic E-state index is -1.29. The molecule has 3 atom stereocenters. The van der Waals surface area contributed by atoms with Gasteiger partial charge >= 0.3 is 11.9 Å². The highest BCUT2D eigenvalue weighted by Crippen LogP contribution is 2.28. The number of ether oxygens (including phenoxy) is 1. The molecule has 0 aromatic heterocycles. The number of carbonyl (C=O) groups is 5. The van der Waals surface area contributed by atoms with Gasteiger partial charge in [0.15, 0.2) is 0 Å². The van der Waals surface area contributed by atoms with Crippen LogP contribution in [0.1, 0.15) is 80.7 Å². The van der Waals surface area contributed by atoms with Gasteiger partial charge in [-0.15, -0.1) is 0 Å². The van der Waals surface area contributed by atoms with Crippen molar-refractivity contribution in [1.29, 1.82) is 0 Å². The van der Waals surface area contributed by atoms with Crippen LogP contribution < -0.4 is 16.0 Å². The van der Waals surface area contributed by atoms with Gasteiger partial charge in [-0.1, -0.05) is 71.0 Å². The van der Waals surface area contributed by atoms with E-state index in [1.54, 1.807) is 34.9 Å². The van der Waals surface area contributed by atoms with E-state index in [1.165, 1.54) is 17.9 Å². The van der Waals surface area contributed by atoms with Crippen molar-refractivity contribution in [2.45, 2.75) is 104 Å². The van der Waals surface area contributed by atoms with Gasteiger partial charge in [-0.05, 0) is 52.1 Å². The number of benzene rings is 1. The van der Waals surface area contributed by atoms with Crippen LogP contribution in [0.15, 0.2) is 42.0 Å². The van der Waals surface area contributed by atoms with Crippen LogP contribution >= 0.6 is 0 Å². The molecule has 0 aliphatic carbocycles. The number of hydrogen-bond donors (Lipinski definition) is 4. The standard InChI is InChI=1S/C33H52N4O7/c1-21(27(39)35-23(30(42)43)17-18-24(38)44-32(5,6)7)19-20-37(11)29(41)26(31(2,3)4)36-28(40)25(34-10)33(8,9)22-15-13-12-14-16-22/h12-16,19,23,25-26,34H,17-18,20H2,1-11H3,(H,35,39)(H,36,40)(H,42,43)/b21-19+/t23-,25-,26?/m1/s1. The van der Waals surface area contributed by atoms with E-state index in [0.717, 1.165) is 5.56 Å². The molecule has 11 nitrogen and oxygen atoms in total. The monoisotopic (exact) mass is 616 g/mol. The predicted octanol–water partition coefficient (Wildman–Crippen LogP) is 3.18. The number of carboxylic acid groups (broad SMARTS) is 1. The SMILES string of the molecule is CN[C@H](C(=O)NC(C(=O)N(C)C/C=C(\C)C(=O)N[C@H](CCC(=O)OC(C)(C)C)C(=O)O)C(C)(C)C)C(C)(C)c1ccccc1. The molecule has 1 rings (SSSR count). The topological polar surface area (TPSA) is 154 Å². The highest BCUT2D eigenvalue weighted by atomic mass is 16.6. The lowest BCUT2D eigenvalue weighted by molar-refractivity contribution is -0.155. The first kappa shape index (κ1) is 38.3. The number of rotatable bonds is 14. The van der Waals surface area contributed by atoms with Gasteiger partial charge in [0, 0.05) is 31.0 Å². The number of esters is 1. The Kier molecular flexibility index (Phi) is 13.8. The summed E-state index contributed by atoms with van der Waals surface area (Å²) in [5.74, 6) is -3.14. The van der Waals surface area contributed by atoms with Crippen LogP contribution in [-0.2, 0) is 34.1 Å². The Morgan fingerprint density at radius 1 is 0.932 bits per heavy atom. The third-order valence-corrected chi connectivity index (χ3v) is 7.26. The second-order valence-corrected chi connectivity index (χ2v) is 13.7. The third kappa shape index (κ3) is 11.7. The zero-order chi connectivity index (χ0) is 34.0. The lowest BCUT2D eigenvalue weighted by Gasteiger charge is -2.38. The lowest BCUT2D eigenvalue weighted by atomic mass is 9.76. The maximum atomic E-state index is 13.6. The summed E-state index contributed by atoms with van der Waals surface area (Å²) in [6, 6.07) is 6.88. The zero-order valence-electron chi connectivity index (χ0n) is 28.2. The molecule has 0 aliphatic rings. The summed E-state index contributed by atoms with van der Waals surface area (Å²) in [5, 5.41) is 18.0. The Morgan fingerprint density at radius 2 is 1.50 bits per heavy atom. The summed E-state index contributed by atoms with van der Waals surface area (Å²) in [5.41, 5.74) is -0.742. The number of nitrogens with zero attached hydrogens (tertiary/aromatic N) is 1. The van der Waals surface area contributed by atoms with Crippen molar-refractivity contribution in [3.63, 3.8) is 0 Å². The Morgan fingerprint density at radius 3 is 1.98 bits per heavy atom. The van der Waals surface area contributed by atoms with Crippen molar-refractivity contribution in [1.82, 2.24) is 20.9 Å². The van der Waals surface area contributed by atoms with Gasteiger partial charge in [-0.25, -0.2) is 4.79 Å². The fourth-order valence-electron chi connectivity index (χ4n) is 4.59. The summed E-state index contributed by atoms with van der Waals surface area (Å²) in [6.07, 6.45) is 1.20. The molecule has 1 aromatic carbocycles. The maximum absolute atomic E-state index is 13.6. The molecule has 11 heteroatoms. The summed E-state index contributed by atoms with van der Waals surface area (Å²) in [7, 11) is 3.28. The van der Waals surface area contributed by atoms with Gasteiger partial charge in [0.2, 0.25) is 17.7 Å². The van der Waals surface area contributed by atoms with E-state index < -0.39 is 52.4 Å². The van der Waals surface area contributed by atoms with Crippen molar-refractivity contribution >= 4 is 29.7 Å². The summed E-state index contributed by atoms with van der Waals surface area (Å²) in [6.45, 7) is 16.2. The van der Waals surface area contributed by atoms with E-state index in [9.17, 15) is 29.1 Å². The van der Waals surface area contributed by atoms with E-state index in [-0.39, 0.29) is 36.8 Å². The van der Waals surface area contributed by atoms with E-state index in [0.29, 0.717) is 0 Å². The van der Waals surface area contributed by atoms with Crippen LogP contribution in [0.5, 0.6) is 0 Å². The van der Waals surface area contributed by atoms with Crippen LogP contribution in [0.3, 0.4) is 0 Å². The number of carbonyl (C=O) groups excluding carboxylic acids is 4. The molecule has 0 saturated carbocycles. The van der Waals surface area contributed by atoms with E-state index in [4.69, 9.17) is 4.74 Å². The van der Waals surface area contributed by atoms with E-state index >= 15 is 0 Å². The predicted molar refractivity (Wildman–Crippen MR) is 170 cm³/mol. The molecule has 246 valence electrons. The quantitative estimate of drug-likeness (QED) is 0.184. The first-order valence-electron chi connectivity index (χ1n) is 14.8. The van der Waals surface area contributed by atoms with Crippen LogP contribution in [0.2, 0.25) is 0 Å². The van der Waals surface area contributed by atoms with E-state index in [1.807, 2.05) is 65.0 Å². The summed E-state index contributed by atoms with van der Waals surface area (Å²) < 4.78 is 5.21. The number of likely N-dealkylation sites (N-methyl/N-ethyl adjacent to an activating group) is 2. The first-order valence-corrected chi connectivity index (χ1v) is 14.8. The molecule has 4 N–H and O–H groups in total. The molecular weight excluding hydrogens is 564 g/mol. The largest absolute Gasteiger partial charge is 0.480 e. The van der Waals surface area contributed by atoms with Crippen LogP contribution in [0.25, 0.3) is 0 Å². The summed E-state index contributed by atoms with van der Waals surface area (Å²) >= 11 is 0. The normalized spacial score (nSPS) is 14.6. The molecule has 0 heterocycles. The molecule has 0 radical (unpaired) electrons. The minimum absolute atomic E-state index is 0.0428. The molecule has 0 fully saturated rings. The number of hydrogen-bond acceptors (Lipinski definition) is 7. The molecule has 0 bridgehead atoms. The van der Waals surface area contributed by atoms with Gasteiger partial charge in [-0.3, -0.25) is 19.2 Å². The molecule has 0 spiro atoms. The van der Waals surface area contributed by atoms with Gasteiger partial charge in [0.05, 0.1) is 6.04 Å². The second-order valence-electron chi connectivity index (χ2n) is 13.7. The molecule has 44 heavy (non-hydrogen) atoms. The van der Waals surface area contributed by atoms with Crippen molar-refractivity contribution in [3.05, 3.63) is 47.5 Å². The van der Waals surface area contributed by atoms with Crippen LogP contribution in [-0.4, -0.2) is 84.0 Å². The van der Waals surface area contributed by atoms with Gasteiger partial charge in [0.1, 0.15) is 17.7 Å². The Balaban J connectivity index is 2.97. The first-order chi connectivity index (χ1) is 20.1. The van der Waals surface area contributed by atoms with Crippen molar-refractivity contribution < 1.29 is 33.8 Å². The Hall–Kier alpha value is -3.73. The second kappa shape index (κ2) is 15.8. The fraction of sp³-hybridized carbons (Fsp3) is 0.606.